The molecule has 0 aliphatic heterocycles. The number of alkyl halides is 3. The number of phenolic OH excluding ortho intramolecular Hbond substituents is 2. The van der Waals surface area contributed by atoms with E-state index in [4.69, 9.17) is 5.73 Å². The molecule has 0 amide bonds. The van der Waals surface area contributed by atoms with E-state index >= 15 is 0 Å². The number of halogens is 3. The van der Waals surface area contributed by atoms with Gasteiger partial charge in [0.2, 0.25) is 0 Å². The number of nitrogens with two attached hydrogens (primary N) is 1. The fraction of sp³-hybridized carbons (Fsp3) is 0.200. The fourth-order valence-corrected chi connectivity index (χ4v) is 2.90. The second kappa shape index (κ2) is 7.47. The summed E-state index contributed by atoms with van der Waals surface area (Å²) in [5, 5.41) is 27.7. The number of phenols is 2. The molecule has 0 saturated carbocycles. The molecule has 5 nitrogen and oxygen atoms in total. The fourth-order valence-electron chi connectivity index (χ4n) is 2.90. The molecule has 0 spiro atoms. The first-order chi connectivity index (χ1) is 13.1. The van der Waals surface area contributed by atoms with Gasteiger partial charge in [-0.25, -0.2) is 0 Å². The Morgan fingerprint density at radius 1 is 1.04 bits per heavy atom. The zero-order chi connectivity index (χ0) is 20.5. The second-order valence-electron chi connectivity index (χ2n) is 6.51. The number of hydrogen-bond acceptors (Lipinski definition) is 5. The lowest BCUT2D eigenvalue weighted by Crippen LogP contribution is -2.16. The third-order valence-electron chi connectivity index (χ3n) is 4.33. The van der Waals surface area contributed by atoms with Gasteiger partial charge >= 0.3 is 6.18 Å². The zero-order valence-electron chi connectivity index (χ0n) is 14.9. The van der Waals surface area contributed by atoms with Crippen molar-refractivity contribution in [3.05, 3.63) is 70.9 Å². The van der Waals surface area contributed by atoms with E-state index in [0.717, 1.165) is 11.6 Å². The molecule has 3 rings (SSSR count). The van der Waals surface area contributed by atoms with Gasteiger partial charge in [-0.2, -0.15) is 18.3 Å². The standard InChI is InChI=1S/C20H18F3N3O2/c1-11-7-17(16(24)9-12-3-2-4-14(27)8-12)25-26-19(11)15-6-5-13(10-18(15)28)20(21,22)23/h2-8,10,16,27-28H,9,24H2,1H3. The summed E-state index contributed by atoms with van der Waals surface area (Å²) < 4.78 is 38.3. The van der Waals surface area contributed by atoms with Crippen molar-refractivity contribution in [3.63, 3.8) is 0 Å². The molecule has 0 aliphatic carbocycles. The minimum atomic E-state index is -4.54. The molecule has 8 heteroatoms. The van der Waals surface area contributed by atoms with E-state index in [0.29, 0.717) is 23.7 Å². The summed E-state index contributed by atoms with van der Waals surface area (Å²) in [5.41, 5.74) is 7.61. The first kappa shape index (κ1) is 19.6. The Hall–Kier alpha value is -3.13. The summed E-state index contributed by atoms with van der Waals surface area (Å²) in [5.74, 6) is -0.385. The average Bonchev–Trinajstić information content (AvgIpc) is 2.61. The predicted molar refractivity (Wildman–Crippen MR) is 97.6 cm³/mol. The van der Waals surface area contributed by atoms with Crippen molar-refractivity contribution >= 4 is 0 Å². The zero-order valence-corrected chi connectivity index (χ0v) is 14.9. The third kappa shape index (κ3) is 4.23. The normalized spacial score (nSPS) is 12.8. The highest BCUT2D eigenvalue weighted by atomic mass is 19.4. The Labute approximate surface area is 159 Å². The van der Waals surface area contributed by atoms with Crippen LogP contribution in [0.15, 0.2) is 48.5 Å². The molecule has 0 bridgehead atoms. The van der Waals surface area contributed by atoms with Crippen LogP contribution in [-0.4, -0.2) is 20.4 Å². The van der Waals surface area contributed by atoms with Gasteiger partial charge in [-0.05, 0) is 60.9 Å². The van der Waals surface area contributed by atoms with Crippen LogP contribution in [0, 0.1) is 6.92 Å². The molecule has 2 aromatic carbocycles. The Balaban J connectivity index is 1.86. The molecule has 1 unspecified atom stereocenters. The lowest BCUT2D eigenvalue weighted by atomic mass is 10.00. The number of aromatic nitrogens is 2. The minimum Gasteiger partial charge on any atom is -0.508 e. The number of aryl methyl sites for hydroxylation is 1. The SMILES string of the molecule is Cc1cc(C(N)Cc2cccc(O)c2)nnc1-c1ccc(C(F)(F)F)cc1O. The highest BCUT2D eigenvalue weighted by Crippen LogP contribution is 2.36. The van der Waals surface area contributed by atoms with Crippen LogP contribution in [0.2, 0.25) is 0 Å². The number of nitrogens with zero attached hydrogens (tertiary/aromatic N) is 2. The number of rotatable bonds is 4. The molecule has 1 aromatic heterocycles. The monoisotopic (exact) mass is 389 g/mol. The number of benzene rings is 2. The van der Waals surface area contributed by atoms with Crippen LogP contribution in [0.4, 0.5) is 13.2 Å². The molecule has 146 valence electrons. The average molecular weight is 389 g/mol. The molecule has 0 fully saturated rings. The van der Waals surface area contributed by atoms with Gasteiger partial charge in [-0.15, -0.1) is 5.10 Å². The van der Waals surface area contributed by atoms with Crippen molar-refractivity contribution in [2.24, 2.45) is 5.73 Å². The summed E-state index contributed by atoms with van der Waals surface area (Å²) >= 11 is 0. The Morgan fingerprint density at radius 3 is 2.39 bits per heavy atom. The van der Waals surface area contributed by atoms with Gasteiger partial charge in [0.15, 0.2) is 0 Å². The second-order valence-corrected chi connectivity index (χ2v) is 6.51. The van der Waals surface area contributed by atoms with Gasteiger partial charge in [0, 0.05) is 5.56 Å². The predicted octanol–water partition coefficient (Wildman–Crippen LogP) is 4.12. The van der Waals surface area contributed by atoms with Crippen molar-refractivity contribution in [2.45, 2.75) is 25.6 Å². The van der Waals surface area contributed by atoms with Gasteiger partial charge in [0.1, 0.15) is 11.5 Å². The summed E-state index contributed by atoms with van der Waals surface area (Å²) in [7, 11) is 0. The smallest absolute Gasteiger partial charge is 0.416 e. The van der Waals surface area contributed by atoms with Gasteiger partial charge in [0.05, 0.1) is 23.0 Å². The highest BCUT2D eigenvalue weighted by Gasteiger charge is 2.31. The van der Waals surface area contributed by atoms with Gasteiger partial charge in [0.25, 0.3) is 0 Å². The van der Waals surface area contributed by atoms with Gasteiger partial charge in [-0.1, -0.05) is 12.1 Å². The van der Waals surface area contributed by atoms with Crippen LogP contribution < -0.4 is 5.73 Å². The van der Waals surface area contributed by atoms with E-state index in [1.807, 2.05) is 6.07 Å². The summed E-state index contributed by atoms with van der Waals surface area (Å²) in [6.07, 6.45) is -4.12. The van der Waals surface area contributed by atoms with Crippen molar-refractivity contribution in [2.75, 3.05) is 0 Å². The Morgan fingerprint density at radius 2 is 1.79 bits per heavy atom. The van der Waals surface area contributed by atoms with Crippen LogP contribution in [0.5, 0.6) is 11.5 Å². The maximum atomic E-state index is 12.8. The lowest BCUT2D eigenvalue weighted by Gasteiger charge is -2.14. The minimum absolute atomic E-state index is 0.139. The van der Waals surface area contributed by atoms with Crippen LogP contribution in [0.3, 0.4) is 0 Å². The van der Waals surface area contributed by atoms with Crippen LogP contribution in [0.1, 0.15) is 28.4 Å². The number of aromatic hydroxyl groups is 2. The first-order valence-corrected chi connectivity index (χ1v) is 8.43. The molecule has 4 N–H and O–H groups in total. The van der Waals surface area contributed by atoms with E-state index in [-0.39, 0.29) is 17.0 Å². The molecular formula is C20H18F3N3O2. The quantitative estimate of drug-likeness (QED) is 0.624. The van der Waals surface area contributed by atoms with E-state index < -0.39 is 23.5 Å². The van der Waals surface area contributed by atoms with E-state index in [1.54, 1.807) is 31.2 Å². The van der Waals surface area contributed by atoms with Crippen molar-refractivity contribution in [1.29, 1.82) is 0 Å². The molecule has 0 radical (unpaired) electrons. The summed E-state index contributed by atoms with van der Waals surface area (Å²) in [6.45, 7) is 1.71. The van der Waals surface area contributed by atoms with E-state index in [2.05, 4.69) is 10.2 Å². The van der Waals surface area contributed by atoms with Crippen LogP contribution in [-0.2, 0) is 12.6 Å². The van der Waals surface area contributed by atoms with Crippen LogP contribution in [0.25, 0.3) is 11.3 Å². The van der Waals surface area contributed by atoms with Crippen molar-refractivity contribution in [3.8, 4) is 22.8 Å². The molecular weight excluding hydrogens is 371 g/mol. The van der Waals surface area contributed by atoms with Crippen molar-refractivity contribution < 1.29 is 23.4 Å². The molecule has 0 aliphatic rings. The maximum Gasteiger partial charge on any atom is 0.416 e. The van der Waals surface area contributed by atoms with Gasteiger partial charge < -0.3 is 15.9 Å². The third-order valence-corrected chi connectivity index (χ3v) is 4.33. The highest BCUT2D eigenvalue weighted by molar-refractivity contribution is 5.69. The summed E-state index contributed by atoms with van der Waals surface area (Å²) in [4.78, 5) is 0. The molecule has 1 heterocycles. The Bertz CT molecular complexity index is 1010. The van der Waals surface area contributed by atoms with Crippen molar-refractivity contribution in [1.82, 2.24) is 10.2 Å². The van der Waals surface area contributed by atoms with Crippen LogP contribution >= 0.6 is 0 Å². The summed E-state index contributed by atoms with van der Waals surface area (Å²) in [6, 6.07) is 10.6. The molecule has 28 heavy (non-hydrogen) atoms. The maximum absolute atomic E-state index is 12.8. The lowest BCUT2D eigenvalue weighted by molar-refractivity contribution is -0.137. The molecule has 0 saturated heterocycles. The number of hydrogen-bond donors (Lipinski definition) is 3. The van der Waals surface area contributed by atoms with Gasteiger partial charge in [-0.3, -0.25) is 0 Å². The van der Waals surface area contributed by atoms with E-state index in [9.17, 15) is 23.4 Å². The Kier molecular flexibility index (Phi) is 5.24. The topological polar surface area (TPSA) is 92.3 Å². The molecule has 3 aromatic rings. The molecule has 1 atom stereocenters. The first-order valence-electron chi connectivity index (χ1n) is 8.43. The van der Waals surface area contributed by atoms with E-state index in [1.165, 1.54) is 6.07 Å². The largest absolute Gasteiger partial charge is 0.508 e.